The predicted molar refractivity (Wildman–Crippen MR) is 47.3 cm³/mol. The van der Waals surface area contributed by atoms with Crippen LogP contribution in [-0.2, 0) is 6.18 Å². The minimum Gasteiger partial charge on any atom is -0.298 e. The van der Waals surface area contributed by atoms with Crippen molar-refractivity contribution in [3.05, 3.63) is 27.1 Å². The lowest BCUT2D eigenvalue weighted by molar-refractivity contribution is -0.141. The minimum atomic E-state index is -4.50. The Morgan fingerprint density at radius 3 is 2.54 bits per heavy atom. The Labute approximate surface area is 85.3 Å². The number of halogens is 4. The molecule has 0 bridgehead atoms. The van der Waals surface area contributed by atoms with Gasteiger partial charge >= 0.3 is 6.18 Å². The number of nitrogens with zero attached hydrogens (tertiary/aromatic N) is 1. The number of pyridine rings is 1. The van der Waals surface area contributed by atoms with Crippen LogP contribution in [0.2, 0.25) is 0 Å². The summed E-state index contributed by atoms with van der Waals surface area (Å²) in [6.07, 6.45) is -3.10. The third kappa shape index (κ3) is 2.39. The van der Waals surface area contributed by atoms with Crippen molar-refractivity contribution in [3.63, 3.8) is 0 Å². The molecule has 13 heavy (non-hydrogen) atoms. The summed E-state index contributed by atoms with van der Waals surface area (Å²) in [5.74, 6) is 0. The molecule has 0 spiro atoms. The van der Waals surface area contributed by atoms with Crippen molar-refractivity contribution in [1.82, 2.24) is 4.98 Å². The predicted octanol–water partition coefficient (Wildman–Crippen LogP) is 2.52. The third-order valence-electron chi connectivity index (χ3n) is 1.30. The largest absolute Gasteiger partial charge is 0.433 e. The molecule has 1 rings (SSSR count). The Morgan fingerprint density at radius 2 is 2.08 bits per heavy atom. The number of alkyl halides is 3. The zero-order valence-electron chi connectivity index (χ0n) is 6.10. The Hall–Kier alpha value is -0.660. The molecule has 0 unspecified atom stereocenters. The van der Waals surface area contributed by atoms with Gasteiger partial charge in [0.1, 0.15) is 5.69 Å². The standard InChI is InChI=1S/C7H3F3INO/c8-7(9,10)6-1-4(3-13)5(11)2-12-6/h1-3H. The molecule has 0 fully saturated rings. The van der Waals surface area contributed by atoms with Gasteiger partial charge in [0.15, 0.2) is 6.29 Å². The highest BCUT2D eigenvalue weighted by Gasteiger charge is 2.32. The summed E-state index contributed by atoms with van der Waals surface area (Å²) in [5.41, 5.74) is -1.04. The summed E-state index contributed by atoms with van der Waals surface area (Å²) in [6, 6.07) is 0.731. The summed E-state index contributed by atoms with van der Waals surface area (Å²) in [7, 11) is 0. The van der Waals surface area contributed by atoms with Crippen LogP contribution in [0.25, 0.3) is 0 Å². The Morgan fingerprint density at radius 1 is 1.46 bits per heavy atom. The van der Waals surface area contributed by atoms with Gasteiger partial charge in [-0.1, -0.05) is 0 Å². The maximum Gasteiger partial charge on any atom is 0.433 e. The van der Waals surface area contributed by atoms with Gasteiger partial charge in [-0.25, -0.2) is 0 Å². The quantitative estimate of drug-likeness (QED) is 0.589. The molecule has 0 aliphatic heterocycles. The van der Waals surface area contributed by atoms with E-state index in [0.29, 0.717) is 9.86 Å². The average Bonchev–Trinajstić information content (AvgIpc) is 2.03. The molecule has 0 saturated heterocycles. The molecule has 0 atom stereocenters. The summed E-state index contributed by atoms with van der Waals surface area (Å²) in [6.45, 7) is 0. The van der Waals surface area contributed by atoms with Crippen LogP contribution in [0.15, 0.2) is 12.3 Å². The number of hydrogen-bond acceptors (Lipinski definition) is 2. The number of carbonyl (C=O) groups is 1. The number of aromatic nitrogens is 1. The molecular weight excluding hydrogens is 298 g/mol. The highest BCUT2D eigenvalue weighted by Crippen LogP contribution is 2.28. The Balaban J connectivity index is 3.21. The SMILES string of the molecule is O=Cc1cc(C(F)(F)F)ncc1I. The zero-order valence-corrected chi connectivity index (χ0v) is 8.26. The normalized spacial score (nSPS) is 11.4. The van der Waals surface area contributed by atoms with Crippen LogP contribution < -0.4 is 0 Å². The zero-order chi connectivity index (χ0) is 10.1. The van der Waals surface area contributed by atoms with Gasteiger partial charge in [-0.2, -0.15) is 13.2 Å². The maximum absolute atomic E-state index is 12.1. The monoisotopic (exact) mass is 301 g/mol. The first-order chi connectivity index (χ1) is 5.95. The number of rotatable bonds is 1. The topological polar surface area (TPSA) is 30.0 Å². The Kier molecular flexibility index (Phi) is 2.89. The summed E-state index contributed by atoms with van der Waals surface area (Å²) in [5, 5.41) is 0. The van der Waals surface area contributed by atoms with E-state index in [-0.39, 0.29) is 5.56 Å². The van der Waals surface area contributed by atoms with Gasteiger partial charge in [-0.05, 0) is 28.7 Å². The minimum absolute atomic E-state index is 0.00271. The van der Waals surface area contributed by atoms with E-state index < -0.39 is 11.9 Å². The highest BCUT2D eigenvalue weighted by molar-refractivity contribution is 14.1. The molecule has 1 aromatic rings. The van der Waals surface area contributed by atoms with Crippen LogP contribution in [0, 0.1) is 3.57 Å². The van der Waals surface area contributed by atoms with E-state index in [2.05, 4.69) is 4.98 Å². The number of carbonyl (C=O) groups excluding carboxylic acids is 1. The van der Waals surface area contributed by atoms with Crippen molar-refractivity contribution >= 4 is 28.9 Å². The Bertz CT molecular complexity index is 337. The second-order valence-corrected chi connectivity index (χ2v) is 3.37. The van der Waals surface area contributed by atoms with E-state index in [9.17, 15) is 18.0 Å². The van der Waals surface area contributed by atoms with E-state index in [1.54, 1.807) is 22.6 Å². The van der Waals surface area contributed by atoms with Gasteiger partial charge in [0.25, 0.3) is 0 Å². The van der Waals surface area contributed by atoms with Crippen LogP contribution in [0.4, 0.5) is 13.2 Å². The van der Waals surface area contributed by atoms with Gasteiger partial charge in [0.2, 0.25) is 0 Å². The lowest BCUT2D eigenvalue weighted by Crippen LogP contribution is -2.09. The van der Waals surface area contributed by atoms with Crippen LogP contribution >= 0.6 is 22.6 Å². The van der Waals surface area contributed by atoms with Crippen molar-refractivity contribution in [1.29, 1.82) is 0 Å². The summed E-state index contributed by atoms with van der Waals surface area (Å²) in [4.78, 5) is 13.5. The lowest BCUT2D eigenvalue weighted by Gasteiger charge is -2.05. The fourth-order valence-corrected chi connectivity index (χ4v) is 1.12. The van der Waals surface area contributed by atoms with E-state index >= 15 is 0 Å². The molecule has 70 valence electrons. The van der Waals surface area contributed by atoms with E-state index in [4.69, 9.17) is 0 Å². The fourth-order valence-electron chi connectivity index (χ4n) is 0.700. The van der Waals surface area contributed by atoms with Crippen molar-refractivity contribution < 1.29 is 18.0 Å². The molecule has 0 amide bonds. The second kappa shape index (κ2) is 3.60. The van der Waals surface area contributed by atoms with E-state index in [1.807, 2.05) is 0 Å². The van der Waals surface area contributed by atoms with Gasteiger partial charge in [0, 0.05) is 15.3 Å². The van der Waals surface area contributed by atoms with E-state index in [1.165, 1.54) is 0 Å². The van der Waals surface area contributed by atoms with Crippen molar-refractivity contribution in [2.75, 3.05) is 0 Å². The second-order valence-electron chi connectivity index (χ2n) is 2.21. The molecule has 1 heterocycles. The first-order valence-electron chi connectivity index (χ1n) is 3.13. The molecule has 0 aliphatic carbocycles. The summed E-state index contributed by atoms with van der Waals surface area (Å²) >= 11 is 1.74. The van der Waals surface area contributed by atoms with Crippen molar-refractivity contribution in [2.45, 2.75) is 6.18 Å². The van der Waals surface area contributed by atoms with Crippen LogP contribution in [0.5, 0.6) is 0 Å². The van der Waals surface area contributed by atoms with Crippen LogP contribution in [0.1, 0.15) is 16.1 Å². The summed E-state index contributed by atoms with van der Waals surface area (Å²) < 4.78 is 36.6. The molecule has 0 saturated carbocycles. The first-order valence-corrected chi connectivity index (χ1v) is 4.21. The smallest absolute Gasteiger partial charge is 0.298 e. The van der Waals surface area contributed by atoms with Gasteiger partial charge < -0.3 is 0 Å². The fraction of sp³-hybridized carbons (Fsp3) is 0.143. The molecule has 0 N–H and O–H groups in total. The molecule has 0 aliphatic rings. The first kappa shape index (κ1) is 10.4. The number of hydrogen-bond donors (Lipinski definition) is 0. The van der Waals surface area contributed by atoms with Crippen LogP contribution in [0.3, 0.4) is 0 Å². The molecule has 2 nitrogen and oxygen atoms in total. The third-order valence-corrected chi connectivity index (χ3v) is 2.20. The lowest BCUT2D eigenvalue weighted by atomic mass is 10.2. The van der Waals surface area contributed by atoms with Crippen molar-refractivity contribution in [2.24, 2.45) is 0 Å². The maximum atomic E-state index is 12.1. The molecule has 6 heteroatoms. The van der Waals surface area contributed by atoms with E-state index in [0.717, 1.165) is 12.3 Å². The van der Waals surface area contributed by atoms with Gasteiger partial charge in [-0.3, -0.25) is 9.78 Å². The average molecular weight is 301 g/mol. The molecular formula is C7H3F3INO. The molecule has 0 radical (unpaired) electrons. The van der Waals surface area contributed by atoms with Crippen molar-refractivity contribution in [3.8, 4) is 0 Å². The van der Waals surface area contributed by atoms with Gasteiger partial charge in [0.05, 0.1) is 0 Å². The highest BCUT2D eigenvalue weighted by atomic mass is 127. The molecule has 1 aromatic heterocycles. The molecule has 0 aromatic carbocycles. The van der Waals surface area contributed by atoms with Gasteiger partial charge in [-0.15, -0.1) is 0 Å². The van der Waals surface area contributed by atoms with Crippen LogP contribution in [-0.4, -0.2) is 11.3 Å². The number of aldehydes is 1.